The van der Waals surface area contributed by atoms with Crippen LogP contribution in [0.4, 0.5) is 0 Å². The van der Waals surface area contributed by atoms with Gasteiger partial charge in [-0.15, -0.1) is 10.2 Å². The molecule has 0 aliphatic rings. The van der Waals surface area contributed by atoms with Crippen LogP contribution in [0.15, 0.2) is 33.9 Å². The fourth-order valence-electron chi connectivity index (χ4n) is 2.20. The van der Waals surface area contributed by atoms with Gasteiger partial charge in [-0.2, -0.15) is 4.98 Å². The van der Waals surface area contributed by atoms with Gasteiger partial charge in [0.25, 0.3) is 0 Å². The van der Waals surface area contributed by atoms with E-state index in [1.165, 1.54) is 11.8 Å². The lowest BCUT2D eigenvalue weighted by Gasteiger charge is -2.10. The Morgan fingerprint density at radius 1 is 1.25 bits per heavy atom. The van der Waals surface area contributed by atoms with E-state index < -0.39 is 0 Å². The SMILES string of the molecule is COc1ccc(-n2c(CCN)nnc2SCc2noc(C)n2)cc1. The summed E-state index contributed by atoms with van der Waals surface area (Å²) in [6.45, 7) is 2.27. The van der Waals surface area contributed by atoms with Gasteiger partial charge >= 0.3 is 0 Å². The van der Waals surface area contributed by atoms with Crippen LogP contribution in [0.25, 0.3) is 5.69 Å². The molecule has 0 aliphatic heterocycles. The van der Waals surface area contributed by atoms with Gasteiger partial charge in [0.05, 0.1) is 12.9 Å². The summed E-state index contributed by atoms with van der Waals surface area (Å²) in [4.78, 5) is 4.20. The Balaban J connectivity index is 1.87. The molecule has 9 heteroatoms. The van der Waals surface area contributed by atoms with Gasteiger partial charge in [0, 0.05) is 19.0 Å². The number of aromatic nitrogens is 5. The third-order valence-corrected chi connectivity index (χ3v) is 4.22. The van der Waals surface area contributed by atoms with Crippen LogP contribution in [-0.2, 0) is 12.2 Å². The van der Waals surface area contributed by atoms with Gasteiger partial charge in [0.15, 0.2) is 11.0 Å². The Bertz CT molecular complexity index is 799. The minimum Gasteiger partial charge on any atom is -0.497 e. The first-order valence-corrected chi connectivity index (χ1v) is 8.40. The Kier molecular flexibility index (Phi) is 5.11. The number of hydrogen-bond acceptors (Lipinski definition) is 8. The monoisotopic (exact) mass is 346 g/mol. The van der Waals surface area contributed by atoms with Gasteiger partial charge in [-0.25, -0.2) is 0 Å². The summed E-state index contributed by atoms with van der Waals surface area (Å²) in [6, 6.07) is 7.73. The third kappa shape index (κ3) is 3.57. The maximum Gasteiger partial charge on any atom is 0.223 e. The molecule has 0 saturated carbocycles. The number of thioether (sulfide) groups is 1. The molecule has 0 amide bonds. The highest BCUT2D eigenvalue weighted by Gasteiger charge is 2.15. The summed E-state index contributed by atoms with van der Waals surface area (Å²) in [5.74, 6) is 3.33. The molecule has 0 fully saturated rings. The van der Waals surface area contributed by atoms with Crippen molar-refractivity contribution >= 4 is 11.8 Å². The van der Waals surface area contributed by atoms with Crippen LogP contribution >= 0.6 is 11.8 Å². The van der Waals surface area contributed by atoms with Crippen molar-refractivity contribution in [2.75, 3.05) is 13.7 Å². The molecule has 0 bridgehead atoms. The highest BCUT2D eigenvalue weighted by molar-refractivity contribution is 7.98. The van der Waals surface area contributed by atoms with Crippen molar-refractivity contribution in [3.05, 3.63) is 41.8 Å². The number of hydrogen-bond donors (Lipinski definition) is 1. The first kappa shape index (κ1) is 16.5. The lowest BCUT2D eigenvalue weighted by molar-refractivity contribution is 0.389. The molecule has 8 nitrogen and oxygen atoms in total. The van der Waals surface area contributed by atoms with E-state index in [2.05, 4.69) is 20.3 Å². The number of benzene rings is 1. The summed E-state index contributed by atoms with van der Waals surface area (Å²) in [5, 5.41) is 13.2. The standard InChI is InChI=1S/C15H18N6O2S/c1-10-17-13(20-23-10)9-24-15-19-18-14(7-8-16)21(15)11-3-5-12(22-2)6-4-11/h3-6H,7-9,16H2,1-2H3. The number of nitrogens with zero attached hydrogens (tertiary/aromatic N) is 5. The normalized spacial score (nSPS) is 11.0. The zero-order valence-corrected chi connectivity index (χ0v) is 14.3. The van der Waals surface area contributed by atoms with E-state index in [1.807, 2.05) is 28.8 Å². The van der Waals surface area contributed by atoms with Crippen molar-refractivity contribution in [3.63, 3.8) is 0 Å². The molecule has 2 N–H and O–H groups in total. The molecule has 3 aromatic rings. The molecule has 0 spiro atoms. The van der Waals surface area contributed by atoms with Crippen LogP contribution in [-0.4, -0.2) is 38.6 Å². The van der Waals surface area contributed by atoms with Crippen molar-refractivity contribution in [2.24, 2.45) is 5.73 Å². The second-order valence-corrected chi connectivity index (χ2v) is 5.93. The molecule has 0 atom stereocenters. The molecule has 0 unspecified atom stereocenters. The number of methoxy groups -OCH3 is 1. The fraction of sp³-hybridized carbons (Fsp3) is 0.333. The number of ether oxygens (including phenoxy) is 1. The Morgan fingerprint density at radius 3 is 2.67 bits per heavy atom. The van der Waals surface area contributed by atoms with Crippen molar-refractivity contribution in [1.82, 2.24) is 24.9 Å². The molecule has 24 heavy (non-hydrogen) atoms. The van der Waals surface area contributed by atoms with Gasteiger partial charge in [-0.3, -0.25) is 4.57 Å². The zero-order chi connectivity index (χ0) is 16.9. The van der Waals surface area contributed by atoms with E-state index in [-0.39, 0.29) is 0 Å². The van der Waals surface area contributed by atoms with Crippen LogP contribution in [0.3, 0.4) is 0 Å². The molecule has 3 rings (SSSR count). The van der Waals surface area contributed by atoms with E-state index in [1.54, 1.807) is 14.0 Å². The van der Waals surface area contributed by atoms with Gasteiger partial charge in [0.1, 0.15) is 11.6 Å². The van der Waals surface area contributed by atoms with Gasteiger partial charge in [0.2, 0.25) is 5.89 Å². The minimum atomic E-state index is 0.503. The summed E-state index contributed by atoms with van der Waals surface area (Å²) in [7, 11) is 1.64. The highest BCUT2D eigenvalue weighted by Crippen LogP contribution is 2.25. The molecule has 2 aromatic heterocycles. The van der Waals surface area contributed by atoms with Crippen LogP contribution in [0.2, 0.25) is 0 Å². The molecule has 126 valence electrons. The third-order valence-electron chi connectivity index (χ3n) is 3.30. The predicted octanol–water partition coefficient (Wildman–Crippen LogP) is 1.76. The van der Waals surface area contributed by atoms with Crippen LogP contribution in [0.1, 0.15) is 17.5 Å². The van der Waals surface area contributed by atoms with E-state index in [4.69, 9.17) is 15.0 Å². The average molecular weight is 346 g/mol. The van der Waals surface area contributed by atoms with Gasteiger partial charge in [-0.05, 0) is 30.8 Å². The van der Waals surface area contributed by atoms with Crippen molar-refractivity contribution in [1.29, 1.82) is 0 Å². The molecular formula is C15H18N6O2S. The second-order valence-electron chi connectivity index (χ2n) is 4.99. The summed E-state index contributed by atoms with van der Waals surface area (Å²) in [6.07, 6.45) is 0.640. The first-order valence-electron chi connectivity index (χ1n) is 7.42. The van der Waals surface area contributed by atoms with E-state index in [0.29, 0.717) is 30.4 Å². The molecule has 0 radical (unpaired) electrons. The van der Waals surface area contributed by atoms with Crippen LogP contribution in [0, 0.1) is 6.92 Å². The topological polar surface area (TPSA) is 105 Å². The van der Waals surface area contributed by atoms with Crippen LogP contribution in [0.5, 0.6) is 5.75 Å². The predicted molar refractivity (Wildman–Crippen MR) is 89.3 cm³/mol. The number of nitrogens with two attached hydrogens (primary N) is 1. The molecule has 2 heterocycles. The highest BCUT2D eigenvalue weighted by atomic mass is 32.2. The maximum atomic E-state index is 5.69. The molecule has 0 saturated heterocycles. The summed E-state index contributed by atoms with van der Waals surface area (Å²) >= 11 is 1.50. The maximum absolute atomic E-state index is 5.69. The Morgan fingerprint density at radius 2 is 2.04 bits per heavy atom. The zero-order valence-electron chi connectivity index (χ0n) is 13.5. The van der Waals surface area contributed by atoms with E-state index >= 15 is 0 Å². The number of aryl methyl sites for hydroxylation is 1. The van der Waals surface area contributed by atoms with Crippen molar-refractivity contribution in [2.45, 2.75) is 24.3 Å². The van der Waals surface area contributed by atoms with Gasteiger partial charge < -0.3 is 15.0 Å². The molecule has 1 aromatic carbocycles. The summed E-state index contributed by atoms with van der Waals surface area (Å²) in [5.41, 5.74) is 6.64. The molecular weight excluding hydrogens is 328 g/mol. The summed E-state index contributed by atoms with van der Waals surface area (Å²) < 4.78 is 12.2. The first-order chi connectivity index (χ1) is 11.7. The lowest BCUT2D eigenvalue weighted by Crippen LogP contribution is -2.09. The van der Waals surface area contributed by atoms with Gasteiger partial charge in [-0.1, -0.05) is 16.9 Å². The van der Waals surface area contributed by atoms with E-state index in [0.717, 1.165) is 22.4 Å². The van der Waals surface area contributed by atoms with Crippen molar-refractivity contribution < 1.29 is 9.26 Å². The minimum absolute atomic E-state index is 0.503. The quantitative estimate of drug-likeness (QED) is 0.645. The van der Waals surface area contributed by atoms with E-state index in [9.17, 15) is 0 Å². The smallest absolute Gasteiger partial charge is 0.223 e. The molecule has 0 aliphatic carbocycles. The van der Waals surface area contributed by atoms with Crippen LogP contribution < -0.4 is 10.5 Å². The number of rotatable bonds is 7. The largest absolute Gasteiger partial charge is 0.497 e. The van der Waals surface area contributed by atoms with Crippen molar-refractivity contribution in [3.8, 4) is 11.4 Å². The fourth-order valence-corrected chi connectivity index (χ4v) is 3.02. The lowest BCUT2D eigenvalue weighted by atomic mass is 10.3. The Hall–Kier alpha value is -2.39. The average Bonchev–Trinajstić information content (AvgIpc) is 3.19. The Labute approximate surface area is 143 Å². The second kappa shape index (κ2) is 7.45.